The molecule has 1 aromatic rings. The van der Waals surface area contributed by atoms with Crippen molar-refractivity contribution in [2.24, 2.45) is 17.8 Å². The second kappa shape index (κ2) is 11.8. The molecule has 198 valence electrons. The van der Waals surface area contributed by atoms with Crippen LogP contribution in [0.2, 0.25) is 0 Å². The summed E-state index contributed by atoms with van der Waals surface area (Å²) in [6.45, 7) is 10.2. The highest BCUT2D eigenvalue weighted by molar-refractivity contribution is 5.69. The first-order valence-electron chi connectivity index (χ1n) is 12.8. The van der Waals surface area contributed by atoms with Gasteiger partial charge in [0.05, 0.1) is 13.7 Å². The van der Waals surface area contributed by atoms with Crippen LogP contribution in [0.25, 0.3) is 0 Å². The van der Waals surface area contributed by atoms with Crippen LogP contribution < -0.4 is 9.47 Å². The lowest BCUT2D eigenvalue weighted by Crippen LogP contribution is -2.49. The van der Waals surface area contributed by atoms with E-state index in [1.165, 1.54) is 0 Å². The molecule has 8 heteroatoms. The van der Waals surface area contributed by atoms with Crippen molar-refractivity contribution in [3.63, 3.8) is 0 Å². The van der Waals surface area contributed by atoms with Crippen LogP contribution in [0.5, 0.6) is 11.5 Å². The van der Waals surface area contributed by atoms with Gasteiger partial charge >= 0.3 is 12.1 Å². The molecule has 0 N–H and O–H groups in total. The van der Waals surface area contributed by atoms with E-state index in [1.54, 1.807) is 7.11 Å². The van der Waals surface area contributed by atoms with Crippen LogP contribution in [0.4, 0.5) is 13.2 Å². The van der Waals surface area contributed by atoms with Gasteiger partial charge in [-0.2, -0.15) is 13.2 Å². The van der Waals surface area contributed by atoms with E-state index in [2.05, 4.69) is 18.7 Å². The van der Waals surface area contributed by atoms with Gasteiger partial charge in [0.1, 0.15) is 6.10 Å². The predicted octanol–water partition coefficient (Wildman–Crippen LogP) is 6.34. The van der Waals surface area contributed by atoms with Crippen LogP contribution in [-0.2, 0) is 16.0 Å². The van der Waals surface area contributed by atoms with Gasteiger partial charge in [0.2, 0.25) is 0 Å². The van der Waals surface area contributed by atoms with Crippen LogP contribution >= 0.6 is 0 Å². The van der Waals surface area contributed by atoms with E-state index in [0.717, 1.165) is 43.5 Å². The van der Waals surface area contributed by atoms with Gasteiger partial charge in [0.25, 0.3) is 0 Å². The average molecular weight is 500 g/mol. The molecule has 2 heterocycles. The number of benzene rings is 1. The minimum Gasteiger partial charge on any atom is -0.493 e. The molecule has 2 aliphatic heterocycles. The third kappa shape index (κ3) is 7.76. The molecule has 3 unspecified atom stereocenters. The molecule has 1 saturated heterocycles. The maximum Gasteiger partial charge on any atom is 0.389 e. The summed E-state index contributed by atoms with van der Waals surface area (Å²) in [7, 11) is 1.54. The highest BCUT2D eigenvalue weighted by Gasteiger charge is 2.41. The zero-order valence-electron chi connectivity index (χ0n) is 21.6. The van der Waals surface area contributed by atoms with E-state index in [9.17, 15) is 18.0 Å². The molecule has 1 fully saturated rings. The van der Waals surface area contributed by atoms with Crippen molar-refractivity contribution < 1.29 is 32.2 Å². The smallest absolute Gasteiger partial charge is 0.389 e. The number of methoxy groups -OCH3 is 1. The lowest BCUT2D eigenvalue weighted by atomic mass is 9.79. The van der Waals surface area contributed by atoms with Gasteiger partial charge in [-0.05, 0) is 54.4 Å². The Balaban J connectivity index is 1.78. The Kier molecular flexibility index (Phi) is 9.35. The van der Waals surface area contributed by atoms with Crippen molar-refractivity contribution in [3.05, 3.63) is 23.3 Å². The van der Waals surface area contributed by atoms with Crippen LogP contribution in [0, 0.1) is 17.8 Å². The summed E-state index contributed by atoms with van der Waals surface area (Å²) < 4.78 is 54.7. The minimum absolute atomic E-state index is 0.0189. The molecule has 2 aliphatic rings. The quantitative estimate of drug-likeness (QED) is 0.278. The van der Waals surface area contributed by atoms with Crippen LogP contribution in [0.1, 0.15) is 77.0 Å². The van der Waals surface area contributed by atoms with Crippen molar-refractivity contribution in [1.82, 2.24) is 4.90 Å². The fourth-order valence-corrected chi connectivity index (χ4v) is 5.34. The first-order chi connectivity index (χ1) is 16.5. The molecule has 0 bridgehead atoms. The molecule has 5 nitrogen and oxygen atoms in total. The highest BCUT2D eigenvalue weighted by Crippen LogP contribution is 2.44. The Labute approximate surface area is 207 Å². The Hall–Kier alpha value is -1.96. The molecule has 0 aromatic heterocycles. The number of rotatable bonds is 10. The molecule has 0 aliphatic carbocycles. The molecule has 0 radical (unpaired) electrons. The zero-order valence-corrected chi connectivity index (χ0v) is 21.6. The molecule has 1 aromatic carbocycles. The molecule has 35 heavy (non-hydrogen) atoms. The number of halogens is 3. The fraction of sp³-hybridized carbons (Fsp3) is 0.741. The van der Waals surface area contributed by atoms with E-state index in [0.29, 0.717) is 29.8 Å². The molecule has 0 amide bonds. The van der Waals surface area contributed by atoms with Crippen LogP contribution in [0.15, 0.2) is 12.1 Å². The van der Waals surface area contributed by atoms with Crippen molar-refractivity contribution >= 4 is 5.97 Å². The number of fused-ring (bicyclic) bond motifs is 3. The number of esters is 1. The Bertz CT molecular complexity index is 856. The molecule has 0 saturated carbocycles. The minimum atomic E-state index is -4.18. The zero-order chi connectivity index (χ0) is 25.8. The number of piperidine rings is 1. The second-order valence-corrected chi connectivity index (χ2v) is 10.8. The molecular formula is C27H40F3NO4. The lowest BCUT2D eigenvalue weighted by molar-refractivity contribution is -0.158. The molecular weight excluding hydrogens is 459 g/mol. The third-order valence-electron chi connectivity index (χ3n) is 6.84. The topological polar surface area (TPSA) is 48.0 Å². The summed E-state index contributed by atoms with van der Waals surface area (Å²) in [6.07, 6.45) is -2.31. The molecule has 3 rings (SSSR count). The van der Waals surface area contributed by atoms with E-state index in [4.69, 9.17) is 14.2 Å². The number of carbonyl (C=O) groups is 1. The maximum absolute atomic E-state index is 12.5. The van der Waals surface area contributed by atoms with Gasteiger partial charge in [-0.1, -0.05) is 27.7 Å². The van der Waals surface area contributed by atoms with Gasteiger partial charge in [-0.3, -0.25) is 9.69 Å². The van der Waals surface area contributed by atoms with Crippen LogP contribution in [-0.4, -0.2) is 50.0 Å². The van der Waals surface area contributed by atoms with Crippen molar-refractivity contribution in [2.75, 3.05) is 26.8 Å². The van der Waals surface area contributed by atoms with Gasteiger partial charge in [0, 0.05) is 44.3 Å². The Morgan fingerprint density at radius 1 is 1.14 bits per heavy atom. The highest BCUT2D eigenvalue weighted by atomic mass is 19.4. The summed E-state index contributed by atoms with van der Waals surface area (Å²) in [5.41, 5.74) is 2.25. The van der Waals surface area contributed by atoms with Crippen molar-refractivity contribution in [3.8, 4) is 11.5 Å². The number of hydrogen-bond donors (Lipinski definition) is 0. The van der Waals surface area contributed by atoms with Gasteiger partial charge in [-0.15, -0.1) is 0 Å². The number of carbonyl (C=O) groups excluding carboxylic acids is 1. The summed E-state index contributed by atoms with van der Waals surface area (Å²) >= 11 is 0. The SMILES string of the molecule is COc1cc2c(cc1OCCCC(F)(F)F)CCN1CC(CC(C)C)C(OC(=O)CC(C)C)CC21. The standard InChI is InChI=1S/C27H40F3NO4/c1-17(2)11-20-16-31-9-7-19-13-25(34-10-6-8-27(28,29)30)24(33-5)14-21(19)22(31)15-23(20)35-26(32)12-18(3)4/h13-14,17-18,20,22-23H,6-12,15-16H2,1-5H3. The summed E-state index contributed by atoms with van der Waals surface area (Å²) in [6, 6.07) is 3.98. The van der Waals surface area contributed by atoms with Gasteiger partial charge < -0.3 is 14.2 Å². The Morgan fingerprint density at radius 2 is 1.89 bits per heavy atom. The Morgan fingerprint density at radius 3 is 2.51 bits per heavy atom. The summed E-state index contributed by atoms with van der Waals surface area (Å²) in [4.78, 5) is 15.0. The number of hydrogen-bond acceptors (Lipinski definition) is 5. The van der Waals surface area contributed by atoms with Gasteiger partial charge in [0.15, 0.2) is 11.5 Å². The normalized spacial score (nSPS) is 22.6. The van der Waals surface area contributed by atoms with E-state index >= 15 is 0 Å². The van der Waals surface area contributed by atoms with E-state index in [1.807, 2.05) is 26.0 Å². The second-order valence-electron chi connectivity index (χ2n) is 10.8. The molecule has 3 atom stereocenters. The summed E-state index contributed by atoms with van der Waals surface area (Å²) in [5, 5.41) is 0. The van der Waals surface area contributed by atoms with Gasteiger partial charge in [-0.25, -0.2) is 0 Å². The first-order valence-corrected chi connectivity index (χ1v) is 12.8. The fourth-order valence-electron chi connectivity index (χ4n) is 5.34. The number of alkyl halides is 3. The number of ether oxygens (including phenoxy) is 3. The van der Waals surface area contributed by atoms with Crippen LogP contribution in [0.3, 0.4) is 0 Å². The summed E-state index contributed by atoms with van der Waals surface area (Å²) in [5.74, 6) is 1.92. The molecule has 0 spiro atoms. The monoisotopic (exact) mass is 499 g/mol. The maximum atomic E-state index is 12.5. The first kappa shape index (κ1) is 27.6. The van der Waals surface area contributed by atoms with E-state index < -0.39 is 12.6 Å². The lowest BCUT2D eigenvalue weighted by Gasteiger charge is -2.47. The van der Waals surface area contributed by atoms with Crippen molar-refractivity contribution in [2.45, 2.75) is 84.5 Å². The largest absolute Gasteiger partial charge is 0.493 e. The third-order valence-corrected chi connectivity index (χ3v) is 6.84. The number of nitrogens with zero attached hydrogens (tertiary/aromatic N) is 1. The van der Waals surface area contributed by atoms with Crippen molar-refractivity contribution in [1.29, 1.82) is 0 Å². The average Bonchev–Trinajstić information content (AvgIpc) is 2.75. The van der Waals surface area contributed by atoms with E-state index in [-0.39, 0.29) is 37.1 Å². The predicted molar refractivity (Wildman–Crippen MR) is 129 cm³/mol.